The molecule has 3 nitrogen and oxygen atoms in total. The van der Waals surface area contributed by atoms with E-state index in [0.29, 0.717) is 11.7 Å². The topological polar surface area (TPSA) is 32.5 Å². The van der Waals surface area contributed by atoms with Crippen LogP contribution in [0.5, 0.6) is 0 Å². The van der Waals surface area contributed by atoms with Crippen LogP contribution in [0.4, 0.5) is 20.2 Å². The molecule has 1 aromatic carbocycles. The molecule has 19 heavy (non-hydrogen) atoms. The van der Waals surface area contributed by atoms with Crippen LogP contribution < -0.4 is 10.6 Å². The first kappa shape index (κ1) is 12.7. The van der Waals surface area contributed by atoms with Crippen molar-refractivity contribution in [2.24, 2.45) is 0 Å². The van der Waals surface area contributed by atoms with Gasteiger partial charge < -0.3 is 10.6 Å². The molecule has 1 atom stereocenters. The third-order valence-corrected chi connectivity index (χ3v) is 4.22. The fourth-order valence-electron chi connectivity index (χ4n) is 3.26. The summed E-state index contributed by atoms with van der Waals surface area (Å²) in [7, 11) is 0. The Morgan fingerprint density at radius 1 is 1.11 bits per heavy atom. The van der Waals surface area contributed by atoms with Gasteiger partial charge in [-0.2, -0.15) is 0 Å². The molecule has 0 spiro atoms. The highest BCUT2D eigenvalue weighted by Crippen LogP contribution is 2.31. The Morgan fingerprint density at radius 2 is 1.89 bits per heavy atom. The highest BCUT2D eigenvalue weighted by atomic mass is 19.1. The zero-order valence-corrected chi connectivity index (χ0v) is 10.9. The molecule has 0 bridgehead atoms. The molecule has 2 aliphatic rings. The zero-order chi connectivity index (χ0) is 13.4. The van der Waals surface area contributed by atoms with Gasteiger partial charge in [0.15, 0.2) is 5.82 Å². The first-order valence-electron chi connectivity index (χ1n) is 6.88. The fraction of sp³-hybridized carbons (Fsp3) is 0.571. The van der Waals surface area contributed by atoms with Crippen molar-refractivity contribution in [3.05, 3.63) is 23.8 Å². The maximum absolute atomic E-state index is 13.6. The quantitative estimate of drug-likeness (QED) is 0.792. The molecule has 0 amide bonds. The lowest BCUT2D eigenvalue weighted by atomic mass is 10.1. The smallest absolute Gasteiger partial charge is 0.151 e. The molecular formula is C14H19F2N3. The number of nitrogens with two attached hydrogens (primary N) is 1. The van der Waals surface area contributed by atoms with E-state index in [9.17, 15) is 8.78 Å². The number of halogens is 2. The summed E-state index contributed by atoms with van der Waals surface area (Å²) in [6.07, 6.45) is 3.38. The lowest BCUT2D eigenvalue weighted by Gasteiger charge is -2.28. The standard InChI is InChI=1S/C14H19F2N3/c15-10-7-12(16)14(17)13(8-10)19-6-2-5-18-4-1-3-11(18)9-19/h7-8,11H,1-6,9,17H2. The van der Waals surface area contributed by atoms with Crippen molar-refractivity contribution in [3.8, 4) is 0 Å². The Balaban J connectivity index is 1.88. The number of anilines is 2. The van der Waals surface area contributed by atoms with Crippen LogP contribution in [0.25, 0.3) is 0 Å². The van der Waals surface area contributed by atoms with Gasteiger partial charge in [0.2, 0.25) is 0 Å². The van der Waals surface area contributed by atoms with Gasteiger partial charge in [0.1, 0.15) is 5.82 Å². The molecule has 0 saturated carbocycles. The molecule has 0 aliphatic carbocycles. The molecule has 3 rings (SSSR count). The molecule has 0 aromatic heterocycles. The van der Waals surface area contributed by atoms with Crippen molar-refractivity contribution in [3.63, 3.8) is 0 Å². The van der Waals surface area contributed by atoms with Crippen molar-refractivity contribution >= 4 is 11.4 Å². The van der Waals surface area contributed by atoms with Gasteiger partial charge >= 0.3 is 0 Å². The highest BCUT2D eigenvalue weighted by Gasteiger charge is 2.29. The molecular weight excluding hydrogens is 248 g/mol. The number of hydrogen-bond acceptors (Lipinski definition) is 3. The van der Waals surface area contributed by atoms with E-state index in [4.69, 9.17) is 5.73 Å². The normalized spacial score (nSPS) is 24.3. The predicted octanol–water partition coefficient (Wildman–Crippen LogP) is 2.22. The highest BCUT2D eigenvalue weighted by molar-refractivity contribution is 5.68. The van der Waals surface area contributed by atoms with Crippen LogP contribution in [-0.2, 0) is 0 Å². The van der Waals surface area contributed by atoms with Crippen LogP contribution in [0.2, 0.25) is 0 Å². The molecule has 5 heteroatoms. The molecule has 2 N–H and O–H groups in total. The average Bonchev–Trinajstić information content (AvgIpc) is 2.71. The van der Waals surface area contributed by atoms with E-state index < -0.39 is 11.6 Å². The fourth-order valence-corrected chi connectivity index (χ4v) is 3.26. The van der Waals surface area contributed by atoms with E-state index in [1.54, 1.807) is 0 Å². The Bertz CT molecular complexity index is 478. The van der Waals surface area contributed by atoms with Crippen LogP contribution in [-0.4, -0.2) is 37.1 Å². The van der Waals surface area contributed by atoms with Crippen LogP contribution in [0.3, 0.4) is 0 Å². The third-order valence-electron chi connectivity index (χ3n) is 4.22. The minimum Gasteiger partial charge on any atom is -0.395 e. The molecule has 1 aromatic rings. The predicted molar refractivity (Wildman–Crippen MR) is 72.2 cm³/mol. The third kappa shape index (κ3) is 2.39. The van der Waals surface area contributed by atoms with Crippen molar-refractivity contribution in [2.45, 2.75) is 25.3 Å². The second-order valence-electron chi connectivity index (χ2n) is 5.45. The van der Waals surface area contributed by atoms with Gasteiger partial charge in [0.25, 0.3) is 0 Å². The van der Waals surface area contributed by atoms with Crippen molar-refractivity contribution in [1.82, 2.24) is 4.90 Å². The minimum atomic E-state index is -0.664. The van der Waals surface area contributed by atoms with E-state index in [1.165, 1.54) is 12.5 Å². The van der Waals surface area contributed by atoms with E-state index in [-0.39, 0.29) is 5.69 Å². The Labute approximate surface area is 112 Å². The molecule has 2 saturated heterocycles. The molecule has 2 fully saturated rings. The minimum absolute atomic E-state index is 0.0628. The summed E-state index contributed by atoms with van der Waals surface area (Å²) < 4.78 is 27.0. The number of benzene rings is 1. The molecule has 104 valence electrons. The van der Waals surface area contributed by atoms with Gasteiger partial charge in [-0.1, -0.05) is 0 Å². The zero-order valence-electron chi connectivity index (χ0n) is 10.9. The maximum atomic E-state index is 13.6. The van der Waals surface area contributed by atoms with Gasteiger partial charge in [-0.15, -0.1) is 0 Å². The molecule has 2 heterocycles. The number of rotatable bonds is 1. The number of hydrogen-bond donors (Lipinski definition) is 1. The molecule has 0 radical (unpaired) electrons. The Morgan fingerprint density at radius 3 is 2.74 bits per heavy atom. The molecule has 1 unspecified atom stereocenters. The van der Waals surface area contributed by atoms with Gasteiger partial charge in [-0.05, 0) is 31.9 Å². The number of fused-ring (bicyclic) bond motifs is 1. The Hall–Kier alpha value is -1.36. The summed E-state index contributed by atoms with van der Waals surface area (Å²) in [5.41, 5.74) is 6.34. The van der Waals surface area contributed by atoms with Crippen LogP contribution in [0.1, 0.15) is 19.3 Å². The van der Waals surface area contributed by atoms with Gasteiger partial charge in [0.05, 0.1) is 11.4 Å². The second-order valence-corrected chi connectivity index (χ2v) is 5.45. The summed E-state index contributed by atoms with van der Waals surface area (Å²) in [5, 5.41) is 0. The van der Waals surface area contributed by atoms with Crippen LogP contribution >= 0.6 is 0 Å². The SMILES string of the molecule is Nc1c(F)cc(F)cc1N1CCCN2CCCC2C1. The van der Waals surface area contributed by atoms with E-state index in [2.05, 4.69) is 4.90 Å². The summed E-state index contributed by atoms with van der Waals surface area (Å²) >= 11 is 0. The van der Waals surface area contributed by atoms with Gasteiger partial charge in [-0.25, -0.2) is 8.78 Å². The van der Waals surface area contributed by atoms with Crippen LogP contribution in [0, 0.1) is 11.6 Å². The molecule has 2 aliphatic heterocycles. The van der Waals surface area contributed by atoms with E-state index >= 15 is 0 Å². The van der Waals surface area contributed by atoms with Crippen molar-refractivity contribution < 1.29 is 8.78 Å². The lowest BCUT2D eigenvalue weighted by Crippen LogP contribution is -2.37. The Kier molecular flexibility index (Phi) is 3.31. The van der Waals surface area contributed by atoms with E-state index in [0.717, 1.165) is 45.1 Å². The second kappa shape index (κ2) is 4.96. The summed E-state index contributed by atoms with van der Waals surface area (Å²) in [4.78, 5) is 4.52. The van der Waals surface area contributed by atoms with Gasteiger partial charge in [0, 0.05) is 31.7 Å². The number of nitrogens with zero attached hydrogens (tertiary/aromatic N) is 2. The van der Waals surface area contributed by atoms with Crippen LogP contribution in [0.15, 0.2) is 12.1 Å². The van der Waals surface area contributed by atoms with Gasteiger partial charge in [-0.3, -0.25) is 4.90 Å². The summed E-state index contributed by atoms with van der Waals surface area (Å²) in [6, 6.07) is 2.69. The number of nitrogen functional groups attached to an aromatic ring is 1. The first-order valence-corrected chi connectivity index (χ1v) is 6.88. The average molecular weight is 267 g/mol. The maximum Gasteiger partial charge on any atom is 0.151 e. The summed E-state index contributed by atoms with van der Waals surface area (Å²) in [5.74, 6) is -1.23. The first-order chi connectivity index (χ1) is 9.15. The van der Waals surface area contributed by atoms with Crippen molar-refractivity contribution in [1.29, 1.82) is 0 Å². The monoisotopic (exact) mass is 267 g/mol. The van der Waals surface area contributed by atoms with Crippen molar-refractivity contribution in [2.75, 3.05) is 36.8 Å². The van der Waals surface area contributed by atoms with E-state index in [1.807, 2.05) is 4.90 Å². The summed E-state index contributed by atoms with van der Waals surface area (Å²) in [6.45, 7) is 3.83. The largest absolute Gasteiger partial charge is 0.395 e. The lowest BCUT2D eigenvalue weighted by molar-refractivity contribution is 0.273.